The summed E-state index contributed by atoms with van der Waals surface area (Å²) in [5.74, 6) is 0.902. The molecule has 0 aliphatic carbocycles. The lowest BCUT2D eigenvalue weighted by Crippen LogP contribution is -2.38. The van der Waals surface area contributed by atoms with Crippen LogP contribution in [0.5, 0.6) is 17.2 Å². The minimum atomic E-state index is -0.675. The van der Waals surface area contributed by atoms with Crippen LogP contribution in [0.1, 0.15) is 10.4 Å². The third-order valence-corrected chi connectivity index (χ3v) is 5.32. The smallest absolute Gasteiger partial charge is 0.342 e. The number of methoxy groups -OCH3 is 3. The predicted octanol–water partition coefficient (Wildman–Crippen LogP) is 3.01. The minimum absolute atomic E-state index is 0.155. The van der Waals surface area contributed by atoms with E-state index in [4.69, 9.17) is 18.9 Å². The second-order valence-electron chi connectivity index (χ2n) is 5.85. The molecule has 1 amide bonds. The Bertz CT molecular complexity index is 885. The van der Waals surface area contributed by atoms with Gasteiger partial charge in [0.25, 0.3) is 5.91 Å². The number of carbonyl (C=O) groups excluding carboxylic acids is 2. The van der Waals surface area contributed by atoms with Gasteiger partial charge in [0.2, 0.25) is 0 Å². The fraction of sp³-hybridized carbons (Fsp3) is 0.300. The highest BCUT2D eigenvalue weighted by molar-refractivity contribution is 7.99. The number of rotatable bonds is 6. The maximum absolute atomic E-state index is 12.6. The van der Waals surface area contributed by atoms with Gasteiger partial charge in [-0.15, -0.1) is 11.8 Å². The van der Waals surface area contributed by atoms with E-state index < -0.39 is 5.97 Å². The van der Waals surface area contributed by atoms with E-state index >= 15 is 0 Å². The SMILES string of the molecule is COc1cc(OC)c(C(=O)OCC(=O)N2CCSc3ccccc32)cc1OC. The van der Waals surface area contributed by atoms with E-state index in [2.05, 4.69) is 0 Å². The topological polar surface area (TPSA) is 74.3 Å². The molecule has 2 aromatic carbocycles. The molecular formula is C20H21NO6S. The van der Waals surface area contributed by atoms with Crippen molar-refractivity contribution in [3.8, 4) is 17.2 Å². The first-order valence-electron chi connectivity index (χ1n) is 8.58. The van der Waals surface area contributed by atoms with Gasteiger partial charge in [0.1, 0.15) is 11.3 Å². The molecule has 3 rings (SSSR count). The lowest BCUT2D eigenvalue weighted by atomic mass is 10.1. The van der Waals surface area contributed by atoms with Gasteiger partial charge in [-0.05, 0) is 12.1 Å². The van der Waals surface area contributed by atoms with Crippen molar-refractivity contribution in [1.29, 1.82) is 0 Å². The molecule has 8 heteroatoms. The van der Waals surface area contributed by atoms with E-state index in [1.807, 2.05) is 24.3 Å². The molecule has 148 valence electrons. The van der Waals surface area contributed by atoms with Crippen molar-refractivity contribution in [2.75, 3.05) is 45.1 Å². The summed E-state index contributed by atoms with van der Waals surface area (Å²) in [6, 6.07) is 10.7. The highest BCUT2D eigenvalue weighted by Crippen LogP contribution is 2.36. The summed E-state index contributed by atoms with van der Waals surface area (Å²) in [6.07, 6.45) is 0. The van der Waals surface area contributed by atoms with Crippen LogP contribution in [-0.2, 0) is 9.53 Å². The van der Waals surface area contributed by atoms with Crippen LogP contribution in [0.3, 0.4) is 0 Å². The number of hydrogen-bond acceptors (Lipinski definition) is 7. The molecule has 0 saturated heterocycles. The maximum atomic E-state index is 12.6. The Hall–Kier alpha value is -2.87. The molecule has 0 unspecified atom stereocenters. The Balaban J connectivity index is 1.73. The molecule has 7 nitrogen and oxygen atoms in total. The zero-order valence-corrected chi connectivity index (χ0v) is 16.7. The third-order valence-electron chi connectivity index (χ3n) is 4.28. The van der Waals surface area contributed by atoms with E-state index in [9.17, 15) is 9.59 Å². The molecule has 2 aromatic rings. The normalized spacial score (nSPS) is 12.8. The molecule has 1 aliphatic rings. The van der Waals surface area contributed by atoms with Gasteiger partial charge in [-0.3, -0.25) is 4.79 Å². The summed E-state index contributed by atoms with van der Waals surface area (Å²) >= 11 is 1.70. The summed E-state index contributed by atoms with van der Waals surface area (Å²) in [5.41, 5.74) is 0.992. The minimum Gasteiger partial charge on any atom is -0.496 e. The maximum Gasteiger partial charge on any atom is 0.342 e. The number of esters is 1. The number of thioether (sulfide) groups is 1. The zero-order chi connectivity index (χ0) is 20.1. The van der Waals surface area contributed by atoms with Gasteiger partial charge < -0.3 is 23.8 Å². The van der Waals surface area contributed by atoms with Crippen LogP contribution in [0.15, 0.2) is 41.3 Å². The molecule has 1 heterocycles. The Kier molecular flexibility index (Phi) is 6.30. The molecule has 28 heavy (non-hydrogen) atoms. The third kappa shape index (κ3) is 4.01. The van der Waals surface area contributed by atoms with E-state index in [0.29, 0.717) is 18.0 Å². The fourth-order valence-electron chi connectivity index (χ4n) is 2.90. The Labute approximate surface area is 167 Å². The van der Waals surface area contributed by atoms with E-state index in [1.165, 1.54) is 33.5 Å². The second-order valence-corrected chi connectivity index (χ2v) is 6.98. The van der Waals surface area contributed by atoms with Gasteiger partial charge in [0.15, 0.2) is 18.1 Å². The number of ether oxygens (including phenoxy) is 4. The highest BCUT2D eigenvalue weighted by Gasteiger charge is 2.25. The van der Waals surface area contributed by atoms with Crippen molar-refractivity contribution in [3.05, 3.63) is 42.0 Å². The van der Waals surface area contributed by atoms with Gasteiger partial charge in [0, 0.05) is 29.3 Å². The van der Waals surface area contributed by atoms with Crippen molar-refractivity contribution < 1.29 is 28.5 Å². The number of anilines is 1. The molecule has 0 N–H and O–H groups in total. The van der Waals surface area contributed by atoms with Crippen LogP contribution >= 0.6 is 11.8 Å². The number of benzene rings is 2. The lowest BCUT2D eigenvalue weighted by molar-refractivity contribution is -0.121. The van der Waals surface area contributed by atoms with Crippen LogP contribution in [0.2, 0.25) is 0 Å². The van der Waals surface area contributed by atoms with Gasteiger partial charge in [0.05, 0.1) is 27.0 Å². The summed E-state index contributed by atoms with van der Waals surface area (Å²) in [6.45, 7) is 0.201. The predicted molar refractivity (Wildman–Crippen MR) is 106 cm³/mol. The Morgan fingerprint density at radius 1 is 1.00 bits per heavy atom. The molecule has 0 radical (unpaired) electrons. The van der Waals surface area contributed by atoms with E-state index in [0.717, 1.165) is 16.3 Å². The quantitative estimate of drug-likeness (QED) is 0.687. The Morgan fingerprint density at radius 2 is 1.68 bits per heavy atom. The molecule has 0 spiro atoms. The average Bonchev–Trinajstić information content (AvgIpc) is 2.75. The number of carbonyl (C=O) groups is 2. The largest absolute Gasteiger partial charge is 0.496 e. The molecule has 0 fully saturated rings. The van der Waals surface area contributed by atoms with Gasteiger partial charge in [-0.25, -0.2) is 4.79 Å². The van der Waals surface area contributed by atoms with Gasteiger partial charge in [-0.2, -0.15) is 0 Å². The Morgan fingerprint density at radius 3 is 2.39 bits per heavy atom. The first-order valence-corrected chi connectivity index (χ1v) is 9.57. The summed E-state index contributed by atoms with van der Waals surface area (Å²) in [5, 5.41) is 0. The lowest BCUT2D eigenvalue weighted by Gasteiger charge is -2.28. The second kappa shape index (κ2) is 8.88. The van der Waals surface area contributed by atoms with Gasteiger partial charge >= 0.3 is 5.97 Å². The van der Waals surface area contributed by atoms with E-state index in [1.54, 1.807) is 16.7 Å². The van der Waals surface area contributed by atoms with Gasteiger partial charge in [-0.1, -0.05) is 12.1 Å². The zero-order valence-electron chi connectivity index (χ0n) is 15.9. The number of fused-ring (bicyclic) bond motifs is 1. The van der Waals surface area contributed by atoms with Crippen LogP contribution in [0.4, 0.5) is 5.69 Å². The summed E-state index contributed by atoms with van der Waals surface area (Å²) in [4.78, 5) is 27.9. The molecular weight excluding hydrogens is 382 g/mol. The number of hydrogen-bond donors (Lipinski definition) is 0. The average molecular weight is 403 g/mol. The number of amides is 1. The van der Waals surface area contributed by atoms with E-state index in [-0.39, 0.29) is 23.8 Å². The fourth-order valence-corrected chi connectivity index (χ4v) is 3.89. The number of nitrogens with zero attached hydrogens (tertiary/aromatic N) is 1. The number of para-hydroxylation sites is 1. The first kappa shape index (κ1) is 19.9. The van der Waals surface area contributed by atoms with Crippen molar-refractivity contribution in [2.45, 2.75) is 4.90 Å². The highest BCUT2D eigenvalue weighted by atomic mass is 32.2. The molecule has 0 saturated carbocycles. The molecule has 1 aliphatic heterocycles. The first-order chi connectivity index (χ1) is 13.6. The monoisotopic (exact) mass is 403 g/mol. The molecule has 0 atom stereocenters. The standard InChI is InChI=1S/C20H21NO6S/c1-24-15-11-17(26-3)16(25-2)10-13(15)20(23)27-12-19(22)21-8-9-28-18-7-5-4-6-14(18)21/h4-7,10-11H,8-9,12H2,1-3H3. The summed E-state index contributed by atoms with van der Waals surface area (Å²) < 4.78 is 20.9. The van der Waals surface area contributed by atoms with Crippen molar-refractivity contribution >= 4 is 29.3 Å². The van der Waals surface area contributed by atoms with Crippen LogP contribution in [0.25, 0.3) is 0 Å². The van der Waals surface area contributed by atoms with Crippen LogP contribution in [-0.4, -0.2) is 52.1 Å². The molecule has 0 bridgehead atoms. The van der Waals surface area contributed by atoms with Crippen molar-refractivity contribution in [1.82, 2.24) is 0 Å². The molecule has 0 aromatic heterocycles. The summed E-state index contributed by atoms with van der Waals surface area (Å²) in [7, 11) is 4.39. The van der Waals surface area contributed by atoms with Crippen LogP contribution in [0, 0.1) is 0 Å². The van der Waals surface area contributed by atoms with Crippen molar-refractivity contribution in [2.24, 2.45) is 0 Å². The van der Waals surface area contributed by atoms with Crippen LogP contribution < -0.4 is 19.1 Å². The van der Waals surface area contributed by atoms with Crippen molar-refractivity contribution in [3.63, 3.8) is 0 Å².